The molecule has 0 saturated heterocycles. The maximum atomic E-state index is 9.92. The van der Waals surface area contributed by atoms with Gasteiger partial charge in [0.15, 0.2) is 0 Å². The maximum absolute atomic E-state index is 9.92. The minimum atomic E-state index is -0.736. The van der Waals surface area contributed by atoms with Crippen molar-refractivity contribution in [2.75, 3.05) is 6.54 Å². The van der Waals surface area contributed by atoms with Crippen molar-refractivity contribution in [2.45, 2.75) is 19.3 Å². The zero-order chi connectivity index (χ0) is 7.11. The lowest BCUT2D eigenvalue weighted by Crippen LogP contribution is -2.00. The van der Waals surface area contributed by atoms with Crippen molar-refractivity contribution in [3.8, 4) is 0 Å². The van der Waals surface area contributed by atoms with Gasteiger partial charge in [0.25, 0.3) is 0 Å². The molecule has 0 heterocycles. The first-order valence-electron chi connectivity index (χ1n) is 3.01. The minimum Gasteiger partial charge on any atom is -0.481 e. The maximum Gasteiger partial charge on any atom is 0.303 e. The first kappa shape index (κ1) is 8.30. The van der Waals surface area contributed by atoms with Gasteiger partial charge in [-0.25, -0.2) is 0 Å². The van der Waals surface area contributed by atoms with Crippen LogP contribution < -0.4 is 5.73 Å². The van der Waals surface area contributed by atoms with Gasteiger partial charge in [-0.15, -0.1) is 0 Å². The fourth-order valence-corrected chi connectivity index (χ4v) is 0.515. The summed E-state index contributed by atoms with van der Waals surface area (Å²) in [6.45, 7) is 0.541. The van der Waals surface area contributed by atoms with Gasteiger partial charge in [0.05, 0.1) is 12.8 Å². The van der Waals surface area contributed by atoms with Crippen LogP contribution in [0.5, 0.6) is 0 Å². The number of unbranched alkanes of at least 4 members (excludes halogenated alkanes) is 2. The Morgan fingerprint density at radius 3 is 2.78 bits per heavy atom. The van der Waals surface area contributed by atoms with E-state index < -0.39 is 5.97 Å². The summed E-state index contributed by atoms with van der Waals surface area (Å²) in [4.78, 5) is 9.92. The Labute approximate surface area is 54.9 Å². The lowest BCUT2D eigenvalue weighted by atomic mass is 10.2. The van der Waals surface area contributed by atoms with Crippen LogP contribution in [-0.4, -0.2) is 17.6 Å². The molecular formula is C6H12NO2+. The highest BCUT2D eigenvalue weighted by Crippen LogP contribution is 1.96. The van der Waals surface area contributed by atoms with Crippen LogP contribution in [0.15, 0.2) is 0 Å². The number of nitrogens with two attached hydrogens (primary N) is 1. The van der Waals surface area contributed by atoms with E-state index in [2.05, 4.69) is 0 Å². The molecule has 0 amide bonds. The first-order chi connectivity index (χ1) is 4.27. The summed E-state index contributed by atoms with van der Waals surface area (Å²) in [5.41, 5.74) is 5.14. The van der Waals surface area contributed by atoms with E-state index in [0.29, 0.717) is 13.0 Å². The van der Waals surface area contributed by atoms with Gasteiger partial charge in [-0.05, 0) is 6.42 Å². The molecule has 0 radical (unpaired) electrons. The topological polar surface area (TPSA) is 63.3 Å². The zero-order valence-electron chi connectivity index (χ0n) is 5.34. The van der Waals surface area contributed by atoms with Gasteiger partial charge in [0.1, 0.15) is 6.54 Å². The Balaban J connectivity index is 2.83. The van der Waals surface area contributed by atoms with Crippen LogP contribution in [0.4, 0.5) is 0 Å². The van der Waals surface area contributed by atoms with E-state index in [1.54, 1.807) is 0 Å². The Bertz CT molecular complexity index is 83.1. The molecule has 0 fully saturated rings. The first-order valence-corrected chi connectivity index (χ1v) is 3.01. The summed E-state index contributed by atoms with van der Waals surface area (Å²) >= 11 is 0. The van der Waals surface area contributed by atoms with Gasteiger partial charge >= 0.3 is 5.97 Å². The van der Waals surface area contributed by atoms with E-state index in [1.807, 2.05) is 6.42 Å². The molecule has 0 atom stereocenters. The summed E-state index contributed by atoms with van der Waals surface area (Å²) in [5, 5.41) is 8.17. The van der Waals surface area contributed by atoms with Crippen molar-refractivity contribution in [3.63, 3.8) is 0 Å². The number of hydrogen-bond donors (Lipinski definition) is 2. The van der Waals surface area contributed by atoms with E-state index in [0.717, 1.165) is 6.42 Å². The lowest BCUT2D eigenvalue weighted by Gasteiger charge is -1.86. The molecule has 9 heavy (non-hydrogen) atoms. The third-order valence-corrected chi connectivity index (χ3v) is 0.966. The van der Waals surface area contributed by atoms with Crippen LogP contribution in [-0.2, 0) is 4.79 Å². The van der Waals surface area contributed by atoms with Crippen LogP contribution in [0.1, 0.15) is 19.3 Å². The van der Waals surface area contributed by atoms with Crippen molar-refractivity contribution in [2.24, 2.45) is 5.73 Å². The summed E-state index contributed by atoms with van der Waals surface area (Å²) in [6.07, 6.45) is 3.63. The number of carboxylic acid groups (broad SMARTS) is 1. The average Bonchev–Trinajstić information content (AvgIpc) is 1.80. The van der Waals surface area contributed by atoms with Crippen LogP contribution >= 0.6 is 0 Å². The summed E-state index contributed by atoms with van der Waals surface area (Å²) in [7, 11) is 0. The number of rotatable bonds is 5. The molecule has 3 heteroatoms. The quantitative estimate of drug-likeness (QED) is 0.418. The van der Waals surface area contributed by atoms with Crippen molar-refractivity contribution in [1.29, 1.82) is 0 Å². The molecule has 0 aromatic rings. The van der Waals surface area contributed by atoms with E-state index >= 15 is 0 Å². The molecule has 0 aliphatic carbocycles. The number of carboxylic acids is 1. The van der Waals surface area contributed by atoms with Gasteiger partial charge < -0.3 is 5.11 Å². The lowest BCUT2D eigenvalue weighted by molar-refractivity contribution is -0.137. The second kappa shape index (κ2) is 5.44. The largest absolute Gasteiger partial charge is 0.481 e. The second-order valence-electron chi connectivity index (χ2n) is 1.81. The average molecular weight is 130 g/mol. The molecule has 0 spiro atoms. The Hall–Kier alpha value is -0.700. The van der Waals surface area contributed by atoms with Gasteiger partial charge in [-0.1, -0.05) is 0 Å². The standard InChI is InChI=1S/C6H11NO2/c7-5-3-1-2-4-6(8)9/h3H,1-2,4-5,7H2/p+1. The molecule has 0 aromatic carbocycles. The normalized spacial score (nSPS) is 9.00. The van der Waals surface area contributed by atoms with Gasteiger partial charge in [-0.3, -0.25) is 10.5 Å². The monoisotopic (exact) mass is 130 g/mol. The number of aliphatic carboxylic acids is 1. The van der Waals surface area contributed by atoms with Gasteiger partial charge in [0, 0.05) is 6.42 Å². The van der Waals surface area contributed by atoms with Crippen LogP contribution in [0.2, 0.25) is 0 Å². The third kappa shape index (κ3) is 7.30. The fourth-order valence-electron chi connectivity index (χ4n) is 0.515. The Morgan fingerprint density at radius 1 is 1.67 bits per heavy atom. The van der Waals surface area contributed by atoms with E-state index in [1.165, 1.54) is 0 Å². The minimum absolute atomic E-state index is 0.247. The zero-order valence-corrected chi connectivity index (χ0v) is 5.34. The van der Waals surface area contributed by atoms with E-state index in [4.69, 9.17) is 10.8 Å². The van der Waals surface area contributed by atoms with Crippen molar-refractivity contribution in [3.05, 3.63) is 6.42 Å². The molecule has 0 unspecified atom stereocenters. The van der Waals surface area contributed by atoms with Gasteiger partial charge in [-0.2, -0.15) is 0 Å². The Morgan fingerprint density at radius 2 is 2.33 bits per heavy atom. The van der Waals surface area contributed by atoms with E-state index in [9.17, 15) is 4.79 Å². The highest BCUT2D eigenvalue weighted by atomic mass is 16.4. The molecule has 3 nitrogen and oxygen atoms in total. The SMILES string of the molecule is NC[CH+]CCCC(=O)O. The number of carbonyl (C=O) groups is 1. The Kier molecular flexibility index (Phi) is 5.01. The van der Waals surface area contributed by atoms with Crippen molar-refractivity contribution in [1.82, 2.24) is 0 Å². The summed E-state index contributed by atoms with van der Waals surface area (Å²) in [6, 6.07) is 0. The smallest absolute Gasteiger partial charge is 0.303 e. The highest BCUT2D eigenvalue weighted by molar-refractivity contribution is 5.66. The second-order valence-corrected chi connectivity index (χ2v) is 1.81. The molecule has 0 rings (SSSR count). The van der Waals surface area contributed by atoms with Crippen molar-refractivity contribution < 1.29 is 9.90 Å². The molecule has 52 valence electrons. The molecule has 0 aliphatic rings. The van der Waals surface area contributed by atoms with Crippen molar-refractivity contribution >= 4 is 5.97 Å². The molecule has 3 N–H and O–H groups in total. The summed E-state index contributed by atoms with van der Waals surface area (Å²) in [5.74, 6) is -0.736. The molecular weight excluding hydrogens is 118 g/mol. The van der Waals surface area contributed by atoms with Crippen LogP contribution in [0.25, 0.3) is 0 Å². The summed E-state index contributed by atoms with van der Waals surface area (Å²) < 4.78 is 0. The molecule has 0 bridgehead atoms. The molecule has 0 saturated carbocycles. The van der Waals surface area contributed by atoms with E-state index in [-0.39, 0.29) is 6.42 Å². The predicted molar refractivity (Wildman–Crippen MR) is 34.8 cm³/mol. The predicted octanol–water partition coefficient (Wildman–Crippen LogP) is 0.404. The number of hydrogen-bond acceptors (Lipinski definition) is 2. The van der Waals surface area contributed by atoms with Crippen LogP contribution in [0.3, 0.4) is 0 Å². The van der Waals surface area contributed by atoms with Gasteiger partial charge in [0.2, 0.25) is 0 Å². The molecule has 0 aliphatic heterocycles. The third-order valence-electron chi connectivity index (χ3n) is 0.966. The highest BCUT2D eigenvalue weighted by Gasteiger charge is 1.99. The molecule has 0 aromatic heterocycles. The fraction of sp³-hybridized carbons (Fsp3) is 0.667. The van der Waals surface area contributed by atoms with Crippen LogP contribution in [0, 0.1) is 6.42 Å².